The van der Waals surface area contributed by atoms with Crippen LogP contribution in [0.3, 0.4) is 0 Å². The molecule has 21 heavy (non-hydrogen) atoms. The molecular formula is C13H10FNO5S. The molecule has 0 radical (unpaired) electrons. The molecule has 110 valence electrons. The van der Waals surface area contributed by atoms with Crippen LogP contribution < -0.4 is 4.72 Å². The van der Waals surface area contributed by atoms with E-state index in [1.165, 1.54) is 18.2 Å². The standard InChI is InChI=1S/C13H10FNO5S/c14-11-7-9(16)4-5-12(11)15-21(19,20)10-3-1-2-8(6-10)13(17)18/h1-7,15-16H,(H,17,18). The van der Waals surface area contributed by atoms with Gasteiger partial charge in [0.05, 0.1) is 16.1 Å². The molecule has 0 amide bonds. The first-order valence-corrected chi connectivity index (χ1v) is 7.12. The molecule has 0 aliphatic rings. The number of carbonyl (C=O) groups is 1. The van der Waals surface area contributed by atoms with Crippen LogP contribution in [-0.4, -0.2) is 24.6 Å². The molecular weight excluding hydrogens is 301 g/mol. The van der Waals surface area contributed by atoms with Crippen molar-refractivity contribution in [3.63, 3.8) is 0 Å². The Labute approximate surface area is 119 Å². The number of phenolic OH excluding ortho intramolecular Hbond substituents is 1. The number of carboxylic acid groups (broad SMARTS) is 1. The molecule has 0 atom stereocenters. The first-order chi connectivity index (χ1) is 9.79. The number of rotatable bonds is 4. The summed E-state index contributed by atoms with van der Waals surface area (Å²) in [5.74, 6) is -2.57. The van der Waals surface area contributed by atoms with Gasteiger partial charge in [0.2, 0.25) is 0 Å². The molecule has 0 aromatic heterocycles. The maximum atomic E-state index is 13.5. The lowest BCUT2D eigenvalue weighted by Gasteiger charge is -2.09. The minimum atomic E-state index is -4.14. The Morgan fingerprint density at radius 3 is 2.48 bits per heavy atom. The van der Waals surface area contributed by atoms with Gasteiger partial charge in [0.15, 0.2) is 5.82 Å². The second kappa shape index (κ2) is 5.41. The van der Waals surface area contributed by atoms with E-state index in [1.807, 2.05) is 4.72 Å². The molecule has 3 N–H and O–H groups in total. The number of aromatic carboxylic acids is 1. The SMILES string of the molecule is O=C(O)c1cccc(S(=O)(=O)Nc2ccc(O)cc2F)c1. The lowest BCUT2D eigenvalue weighted by atomic mass is 10.2. The predicted octanol–water partition coefficient (Wildman–Crippen LogP) is 2.03. The van der Waals surface area contributed by atoms with E-state index in [9.17, 15) is 17.6 Å². The van der Waals surface area contributed by atoms with Crippen molar-refractivity contribution in [2.75, 3.05) is 4.72 Å². The fourth-order valence-corrected chi connectivity index (χ4v) is 2.70. The highest BCUT2D eigenvalue weighted by Gasteiger charge is 2.18. The van der Waals surface area contributed by atoms with Crippen LogP contribution >= 0.6 is 0 Å². The second-order valence-electron chi connectivity index (χ2n) is 4.10. The zero-order valence-corrected chi connectivity index (χ0v) is 11.3. The van der Waals surface area contributed by atoms with Gasteiger partial charge < -0.3 is 10.2 Å². The van der Waals surface area contributed by atoms with E-state index in [4.69, 9.17) is 10.2 Å². The van der Waals surface area contributed by atoms with Crippen molar-refractivity contribution in [3.05, 3.63) is 53.8 Å². The van der Waals surface area contributed by atoms with Gasteiger partial charge in [0.25, 0.3) is 10.0 Å². The van der Waals surface area contributed by atoms with Crippen molar-refractivity contribution in [3.8, 4) is 5.75 Å². The summed E-state index contributed by atoms with van der Waals surface area (Å²) in [5.41, 5.74) is -0.558. The maximum Gasteiger partial charge on any atom is 0.335 e. The maximum absolute atomic E-state index is 13.5. The van der Waals surface area contributed by atoms with Gasteiger partial charge in [-0.2, -0.15) is 0 Å². The van der Waals surface area contributed by atoms with Gasteiger partial charge in [-0.3, -0.25) is 4.72 Å². The van der Waals surface area contributed by atoms with Gasteiger partial charge >= 0.3 is 5.97 Å². The summed E-state index contributed by atoms with van der Waals surface area (Å²) < 4.78 is 39.7. The van der Waals surface area contributed by atoms with Gasteiger partial charge in [-0.25, -0.2) is 17.6 Å². The zero-order valence-electron chi connectivity index (χ0n) is 10.4. The average molecular weight is 311 g/mol. The molecule has 0 bridgehead atoms. The molecule has 6 nitrogen and oxygen atoms in total. The third-order valence-corrected chi connectivity index (χ3v) is 3.95. The highest BCUT2D eigenvalue weighted by atomic mass is 32.2. The summed E-state index contributed by atoms with van der Waals surface area (Å²) in [4.78, 5) is 10.5. The Bertz CT molecular complexity index is 804. The molecule has 0 aliphatic carbocycles. The number of anilines is 1. The predicted molar refractivity (Wildman–Crippen MR) is 72.3 cm³/mol. The molecule has 2 aromatic carbocycles. The molecule has 0 aliphatic heterocycles. The number of phenols is 1. The molecule has 0 heterocycles. The van der Waals surface area contributed by atoms with Crippen molar-refractivity contribution in [2.24, 2.45) is 0 Å². The Morgan fingerprint density at radius 2 is 1.86 bits per heavy atom. The Kier molecular flexibility index (Phi) is 3.81. The van der Waals surface area contributed by atoms with E-state index in [0.717, 1.165) is 24.3 Å². The van der Waals surface area contributed by atoms with Gasteiger partial charge in [0.1, 0.15) is 5.75 Å². The molecule has 8 heteroatoms. The van der Waals surface area contributed by atoms with Gasteiger partial charge in [-0.1, -0.05) is 6.07 Å². The Balaban J connectivity index is 2.38. The normalized spacial score (nSPS) is 11.1. The van der Waals surface area contributed by atoms with Crippen LogP contribution in [-0.2, 0) is 10.0 Å². The summed E-state index contributed by atoms with van der Waals surface area (Å²) in [6.07, 6.45) is 0. The highest BCUT2D eigenvalue weighted by molar-refractivity contribution is 7.92. The van der Waals surface area contributed by atoms with E-state index in [0.29, 0.717) is 0 Å². The second-order valence-corrected chi connectivity index (χ2v) is 5.79. The molecule has 2 rings (SSSR count). The van der Waals surface area contributed by atoms with Crippen molar-refractivity contribution in [1.29, 1.82) is 0 Å². The summed E-state index contributed by atoms with van der Waals surface area (Å²) in [6.45, 7) is 0. The average Bonchev–Trinajstić information content (AvgIpc) is 2.42. The summed E-state index contributed by atoms with van der Waals surface area (Å²) in [7, 11) is -4.14. The summed E-state index contributed by atoms with van der Waals surface area (Å²) in [5, 5.41) is 17.9. The molecule has 0 fully saturated rings. The number of aromatic hydroxyl groups is 1. The highest BCUT2D eigenvalue weighted by Crippen LogP contribution is 2.23. The van der Waals surface area contributed by atoms with Crippen molar-refractivity contribution in [1.82, 2.24) is 0 Å². The molecule has 0 saturated heterocycles. The van der Waals surface area contributed by atoms with E-state index in [2.05, 4.69) is 0 Å². The minimum Gasteiger partial charge on any atom is -0.508 e. The van der Waals surface area contributed by atoms with Crippen molar-refractivity contribution >= 4 is 21.7 Å². The number of benzene rings is 2. The number of halogens is 1. The quantitative estimate of drug-likeness (QED) is 0.750. The third-order valence-electron chi connectivity index (χ3n) is 2.59. The number of nitrogens with one attached hydrogen (secondary N) is 1. The summed E-state index contributed by atoms with van der Waals surface area (Å²) >= 11 is 0. The van der Waals surface area contributed by atoms with Crippen LogP contribution in [0.5, 0.6) is 5.75 Å². The lowest BCUT2D eigenvalue weighted by Crippen LogP contribution is -2.14. The first kappa shape index (κ1) is 14.8. The van der Waals surface area contributed by atoms with E-state index in [-0.39, 0.29) is 21.9 Å². The lowest BCUT2D eigenvalue weighted by molar-refractivity contribution is 0.0696. The largest absolute Gasteiger partial charge is 0.508 e. The zero-order chi connectivity index (χ0) is 15.6. The van der Waals surface area contributed by atoms with Crippen LogP contribution in [0.4, 0.5) is 10.1 Å². The van der Waals surface area contributed by atoms with Gasteiger partial charge in [-0.15, -0.1) is 0 Å². The van der Waals surface area contributed by atoms with Crippen LogP contribution in [0.1, 0.15) is 10.4 Å². The summed E-state index contributed by atoms with van der Waals surface area (Å²) in [6, 6.07) is 7.59. The molecule has 0 saturated carbocycles. The first-order valence-electron chi connectivity index (χ1n) is 5.64. The van der Waals surface area contributed by atoms with Crippen molar-refractivity contribution < 1.29 is 27.8 Å². The fourth-order valence-electron chi connectivity index (χ4n) is 1.59. The number of carboxylic acids is 1. The van der Waals surface area contributed by atoms with Gasteiger partial charge in [-0.05, 0) is 30.3 Å². The van der Waals surface area contributed by atoms with Crippen LogP contribution in [0.15, 0.2) is 47.4 Å². The van der Waals surface area contributed by atoms with E-state index in [1.54, 1.807) is 0 Å². The van der Waals surface area contributed by atoms with E-state index >= 15 is 0 Å². The van der Waals surface area contributed by atoms with E-state index < -0.39 is 21.8 Å². The molecule has 0 unspecified atom stereocenters. The van der Waals surface area contributed by atoms with Crippen LogP contribution in [0.25, 0.3) is 0 Å². The fraction of sp³-hybridized carbons (Fsp3) is 0. The number of hydrogen-bond acceptors (Lipinski definition) is 4. The van der Waals surface area contributed by atoms with Crippen molar-refractivity contribution in [2.45, 2.75) is 4.90 Å². The molecule has 0 spiro atoms. The number of sulfonamides is 1. The minimum absolute atomic E-state index is 0.205. The van der Waals surface area contributed by atoms with Crippen LogP contribution in [0, 0.1) is 5.82 Å². The number of hydrogen-bond donors (Lipinski definition) is 3. The van der Waals surface area contributed by atoms with Crippen LogP contribution in [0.2, 0.25) is 0 Å². The third kappa shape index (κ3) is 3.29. The monoisotopic (exact) mass is 311 g/mol. The molecule has 2 aromatic rings. The Morgan fingerprint density at radius 1 is 1.14 bits per heavy atom. The van der Waals surface area contributed by atoms with Gasteiger partial charge in [0, 0.05) is 6.07 Å². The topological polar surface area (TPSA) is 104 Å². The smallest absolute Gasteiger partial charge is 0.335 e. The Hall–Kier alpha value is -2.61.